The van der Waals surface area contributed by atoms with Gasteiger partial charge in [-0.1, -0.05) is 42.1 Å². The lowest BCUT2D eigenvalue weighted by molar-refractivity contribution is -0.124. The molecular formula is C13H15N3OS. The van der Waals surface area contributed by atoms with Crippen molar-refractivity contribution in [3.8, 4) is 0 Å². The number of benzene rings is 1. The Hall–Kier alpha value is -1.33. The summed E-state index contributed by atoms with van der Waals surface area (Å²) in [4.78, 5) is 16.3. The zero-order chi connectivity index (χ0) is 12.5. The van der Waals surface area contributed by atoms with E-state index < -0.39 is 0 Å². The quantitative estimate of drug-likeness (QED) is 0.839. The summed E-state index contributed by atoms with van der Waals surface area (Å²) in [5, 5.41) is 7.33. The Balaban J connectivity index is 1.73. The zero-order valence-corrected chi connectivity index (χ0v) is 10.9. The summed E-state index contributed by atoms with van der Waals surface area (Å²) in [7, 11) is 0. The molecule has 0 saturated carbocycles. The molecule has 3 rings (SSSR count). The normalized spacial score (nSPS) is 30.6. The number of carbonyl (C=O) groups is 1. The molecular weight excluding hydrogens is 246 g/mol. The van der Waals surface area contributed by atoms with Crippen LogP contribution in [0.1, 0.15) is 12.5 Å². The number of aliphatic imine (C=N–C) groups is 1. The first-order chi connectivity index (χ1) is 8.72. The van der Waals surface area contributed by atoms with Gasteiger partial charge in [0.25, 0.3) is 0 Å². The van der Waals surface area contributed by atoms with Crippen LogP contribution in [0.5, 0.6) is 0 Å². The molecule has 0 radical (unpaired) electrons. The van der Waals surface area contributed by atoms with E-state index >= 15 is 0 Å². The molecule has 2 N–H and O–H groups in total. The first-order valence-corrected chi connectivity index (χ1v) is 6.94. The topological polar surface area (TPSA) is 53.5 Å². The van der Waals surface area contributed by atoms with Gasteiger partial charge in [0.1, 0.15) is 0 Å². The van der Waals surface area contributed by atoms with Gasteiger partial charge in [-0.15, -0.1) is 0 Å². The third kappa shape index (κ3) is 2.28. The Morgan fingerprint density at radius 2 is 2.11 bits per heavy atom. The van der Waals surface area contributed by atoms with Crippen LogP contribution in [0.25, 0.3) is 0 Å². The van der Waals surface area contributed by atoms with Gasteiger partial charge in [-0.3, -0.25) is 15.1 Å². The van der Waals surface area contributed by atoms with Crippen molar-refractivity contribution in [1.82, 2.24) is 10.6 Å². The fourth-order valence-electron chi connectivity index (χ4n) is 2.23. The number of hydrogen-bond acceptors (Lipinski definition) is 4. The molecule has 1 aromatic rings. The predicted octanol–water partition coefficient (Wildman–Crippen LogP) is 1.13. The van der Waals surface area contributed by atoms with Gasteiger partial charge in [0.2, 0.25) is 5.91 Å². The van der Waals surface area contributed by atoms with E-state index in [-0.39, 0.29) is 23.5 Å². The molecule has 2 aliphatic rings. The van der Waals surface area contributed by atoms with E-state index in [1.54, 1.807) is 11.8 Å². The average Bonchev–Trinajstić information content (AvgIpc) is 2.73. The van der Waals surface area contributed by atoms with E-state index in [0.29, 0.717) is 0 Å². The van der Waals surface area contributed by atoms with Crippen molar-refractivity contribution in [1.29, 1.82) is 0 Å². The second kappa shape index (κ2) is 4.74. The SMILES string of the molecule is CC1NC(=O)C2N=C(Cc3ccccc3)SC2N1. The van der Waals surface area contributed by atoms with Crippen molar-refractivity contribution in [2.75, 3.05) is 0 Å². The smallest absolute Gasteiger partial charge is 0.248 e. The molecule has 0 aliphatic carbocycles. The lowest BCUT2D eigenvalue weighted by Crippen LogP contribution is -2.59. The molecule has 1 amide bonds. The summed E-state index contributed by atoms with van der Waals surface area (Å²) in [6.07, 6.45) is 0.833. The zero-order valence-electron chi connectivity index (χ0n) is 10.1. The summed E-state index contributed by atoms with van der Waals surface area (Å²) in [5.74, 6) is 0.0295. The van der Waals surface area contributed by atoms with Gasteiger partial charge in [-0.05, 0) is 12.5 Å². The number of thioether (sulfide) groups is 1. The summed E-state index contributed by atoms with van der Waals surface area (Å²) in [5.41, 5.74) is 1.23. The Morgan fingerprint density at radius 1 is 1.33 bits per heavy atom. The summed E-state index contributed by atoms with van der Waals surface area (Å²) in [6.45, 7) is 1.95. The first kappa shape index (κ1) is 11.7. The van der Waals surface area contributed by atoms with Crippen molar-refractivity contribution in [2.45, 2.75) is 30.9 Å². The summed E-state index contributed by atoms with van der Waals surface area (Å²) < 4.78 is 0. The van der Waals surface area contributed by atoms with E-state index in [9.17, 15) is 4.79 Å². The highest BCUT2D eigenvalue weighted by atomic mass is 32.2. The van der Waals surface area contributed by atoms with E-state index in [0.717, 1.165) is 11.5 Å². The fraction of sp³-hybridized carbons (Fsp3) is 0.385. The Bertz CT molecular complexity index is 488. The largest absolute Gasteiger partial charge is 0.339 e. The second-order valence-electron chi connectivity index (χ2n) is 4.57. The number of nitrogens with one attached hydrogen (secondary N) is 2. The lowest BCUT2D eigenvalue weighted by Gasteiger charge is -2.29. The number of amides is 1. The van der Waals surface area contributed by atoms with Crippen LogP contribution in [0, 0.1) is 0 Å². The molecule has 94 valence electrons. The van der Waals surface area contributed by atoms with Crippen molar-refractivity contribution < 1.29 is 4.79 Å². The van der Waals surface area contributed by atoms with Crippen LogP contribution in [0.4, 0.5) is 0 Å². The summed E-state index contributed by atoms with van der Waals surface area (Å²) >= 11 is 1.67. The van der Waals surface area contributed by atoms with Crippen LogP contribution in [0.15, 0.2) is 35.3 Å². The highest BCUT2D eigenvalue weighted by Crippen LogP contribution is 2.29. The highest BCUT2D eigenvalue weighted by Gasteiger charge is 2.39. The third-order valence-corrected chi connectivity index (χ3v) is 4.24. The van der Waals surface area contributed by atoms with Gasteiger partial charge in [-0.25, -0.2) is 0 Å². The van der Waals surface area contributed by atoms with Gasteiger partial charge in [0.15, 0.2) is 6.04 Å². The van der Waals surface area contributed by atoms with E-state index in [2.05, 4.69) is 27.8 Å². The van der Waals surface area contributed by atoms with Gasteiger partial charge >= 0.3 is 0 Å². The number of rotatable bonds is 2. The molecule has 18 heavy (non-hydrogen) atoms. The molecule has 4 nitrogen and oxygen atoms in total. The van der Waals surface area contributed by atoms with Gasteiger partial charge in [-0.2, -0.15) is 0 Å². The minimum atomic E-state index is -0.273. The van der Waals surface area contributed by atoms with Gasteiger partial charge in [0.05, 0.1) is 16.6 Å². The minimum absolute atomic E-state index is 0.0255. The van der Waals surface area contributed by atoms with Crippen molar-refractivity contribution in [3.63, 3.8) is 0 Å². The molecule has 5 heteroatoms. The Kier molecular flexibility index (Phi) is 3.09. The van der Waals surface area contributed by atoms with Crippen LogP contribution >= 0.6 is 11.8 Å². The first-order valence-electron chi connectivity index (χ1n) is 6.06. The standard InChI is InChI=1S/C13H15N3OS/c1-8-14-12(17)11-13(15-8)18-10(16-11)7-9-5-3-2-4-6-9/h2-6,8,11,13,15H,7H2,1H3,(H,14,17). The number of fused-ring (bicyclic) bond motifs is 1. The van der Waals surface area contributed by atoms with E-state index in [1.165, 1.54) is 5.56 Å². The predicted molar refractivity (Wildman–Crippen MR) is 73.5 cm³/mol. The maximum absolute atomic E-state index is 11.8. The molecule has 3 atom stereocenters. The maximum atomic E-state index is 11.8. The van der Waals surface area contributed by atoms with Crippen molar-refractivity contribution >= 4 is 22.7 Å². The van der Waals surface area contributed by atoms with Crippen molar-refractivity contribution in [3.05, 3.63) is 35.9 Å². The molecule has 1 fully saturated rings. The minimum Gasteiger partial charge on any atom is -0.339 e. The maximum Gasteiger partial charge on any atom is 0.248 e. The molecule has 0 bridgehead atoms. The molecule has 3 unspecified atom stereocenters. The molecule has 1 aromatic carbocycles. The van der Waals surface area contributed by atoms with Gasteiger partial charge in [0, 0.05) is 6.42 Å². The van der Waals surface area contributed by atoms with Gasteiger partial charge < -0.3 is 5.32 Å². The van der Waals surface area contributed by atoms with Crippen LogP contribution in [0.3, 0.4) is 0 Å². The van der Waals surface area contributed by atoms with E-state index in [1.807, 2.05) is 25.1 Å². The fourth-order valence-corrected chi connectivity index (χ4v) is 3.53. The Labute approximate surface area is 110 Å². The lowest BCUT2D eigenvalue weighted by atomic mass is 10.1. The molecule has 0 aromatic heterocycles. The monoisotopic (exact) mass is 261 g/mol. The van der Waals surface area contributed by atoms with Crippen molar-refractivity contribution in [2.24, 2.45) is 4.99 Å². The second-order valence-corrected chi connectivity index (χ2v) is 5.78. The Morgan fingerprint density at radius 3 is 2.89 bits per heavy atom. The molecule has 2 heterocycles. The van der Waals surface area contributed by atoms with E-state index in [4.69, 9.17) is 0 Å². The average molecular weight is 261 g/mol. The number of hydrogen-bond donors (Lipinski definition) is 2. The molecule has 1 saturated heterocycles. The number of nitrogens with zero attached hydrogens (tertiary/aromatic N) is 1. The van der Waals surface area contributed by atoms with Crippen LogP contribution in [-0.2, 0) is 11.2 Å². The van der Waals surface area contributed by atoms with Crippen LogP contribution in [-0.4, -0.2) is 28.5 Å². The number of carbonyl (C=O) groups excluding carboxylic acids is 1. The third-order valence-electron chi connectivity index (χ3n) is 3.07. The molecule has 2 aliphatic heterocycles. The summed E-state index contributed by atoms with van der Waals surface area (Å²) in [6, 6.07) is 9.95. The van der Waals surface area contributed by atoms with Crippen LogP contribution < -0.4 is 10.6 Å². The highest BCUT2D eigenvalue weighted by molar-refractivity contribution is 8.14. The van der Waals surface area contributed by atoms with Crippen LogP contribution in [0.2, 0.25) is 0 Å². The molecule has 0 spiro atoms.